The van der Waals surface area contributed by atoms with E-state index in [9.17, 15) is 9.90 Å². The Labute approximate surface area is 162 Å². The first-order chi connectivity index (χ1) is 13.4. The quantitative estimate of drug-likeness (QED) is 0.452. The van der Waals surface area contributed by atoms with Crippen LogP contribution in [0.4, 0.5) is 0 Å². The predicted molar refractivity (Wildman–Crippen MR) is 108 cm³/mol. The van der Waals surface area contributed by atoms with Gasteiger partial charge in [0, 0.05) is 6.07 Å². The summed E-state index contributed by atoms with van der Waals surface area (Å²) in [6.07, 6.45) is 4.30. The number of aliphatic hydroxyl groups is 1. The lowest BCUT2D eigenvalue weighted by Crippen LogP contribution is -2.07. The monoisotopic (exact) mass is 384 g/mol. The number of methoxy groups -OCH3 is 1. The van der Waals surface area contributed by atoms with E-state index in [0.29, 0.717) is 28.9 Å². The highest BCUT2D eigenvalue weighted by Crippen LogP contribution is 2.42. The van der Waals surface area contributed by atoms with Crippen molar-refractivity contribution in [2.24, 2.45) is 0 Å². The fraction of sp³-hybridized carbons (Fsp3) is 0.318. The molecule has 0 fully saturated rings. The molecule has 2 heterocycles. The maximum atomic E-state index is 11.8. The molecule has 0 bridgehead atoms. The summed E-state index contributed by atoms with van der Waals surface area (Å²) in [5, 5.41) is 11.2. The van der Waals surface area contributed by atoms with E-state index < -0.39 is 11.7 Å². The molecule has 0 aliphatic heterocycles. The van der Waals surface area contributed by atoms with Crippen LogP contribution in [0, 0.1) is 0 Å². The molecule has 3 rings (SSSR count). The molecule has 1 N–H and O–H groups in total. The number of furan rings is 1. The van der Waals surface area contributed by atoms with Crippen LogP contribution in [-0.4, -0.2) is 24.9 Å². The van der Waals surface area contributed by atoms with Crippen molar-refractivity contribution in [2.45, 2.75) is 32.8 Å². The lowest BCUT2D eigenvalue weighted by atomic mass is 10.0. The van der Waals surface area contributed by atoms with Crippen molar-refractivity contribution in [3.63, 3.8) is 0 Å². The number of rotatable bonds is 8. The van der Waals surface area contributed by atoms with Crippen molar-refractivity contribution in [1.29, 1.82) is 0 Å². The highest BCUT2D eigenvalue weighted by atomic mass is 16.5. The average molecular weight is 384 g/mol. The van der Waals surface area contributed by atoms with E-state index in [1.54, 1.807) is 19.2 Å². The van der Waals surface area contributed by atoms with Crippen molar-refractivity contribution < 1.29 is 23.4 Å². The van der Waals surface area contributed by atoms with Gasteiger partial charge in [-0.15, -0.1) is 0 Å². The van der Waals surface area contributed by atoms with Gasteiger partial charge >= 0.3 is 5.63 Å². The Kier molecular flexibility index (Phi) is 5.90. The van der Waals surface area contributed by atoms with Gasteiger partial charge in [0.15, 0.2) is 11.2 Å². The molecule has 1 unspecified atom stereocenters. The van der Waals surface area contributed by atoms with Gasteiger partial charge in [0.05, 0.1) is 30.2 Å². The summed E-state index contributed by atoms with van der Waals surface area (Å²) in [4.78, 5) is 11.8. The van der Waals surface area contributed by atoms with Crippen LogP contribution in [-0.2, 0) is 0 Å². The van der Waals surface area contributed by atoms with Gasteiger partial charge in [-0.05, 0) is 44.9 Å². The minimum Gasteiger partial charge on any atom is -0.495 e. The molecule has 0 aliphatic rings. The van der Waals surface area contributed by atoms with Crippen LogP contribution in [0.3, 0.4) is 0 Å². The van der Waals surface area contributed by atoms with Gasteiger partial charge < -0.3 is 23.4 Å². The molecule has 2 aromatic heterocycles. The van der Waals surface area contributed by atoms with Gasteiger partial charge in [0.25, 0.3) is 0 Å². The molecule has 0 aliphatic carbocycles. The van der Waals surface area contributed by atoms with E-state index in [2.05, 4.69) is 6.58 Å². The normalized spacial score (nSPS) is 13.1. The minimum absolute atomic E-state index is 0.269. The Morgan fingerprint density at radius 3 is 2.68 bits per heavy atom. The largest absolute Gasteiger partial charge is 0.495 e. The average Bonchev–Trinajstić information content (AvgIpc) is 3.15. The summed E-state index contributed by atoms with van der Waals surface area (Å²) in [5.41, 5.74) is 2.10. The highest BCUT2D eigenvalue weighted by molar-refractivity contribution is 6.06. The Morgan fingerprint density at radius 1 is 1.21 bits per heavy atom. The molecule has 6 nitrogen and oxygen atoms in total. The van der Waals surface area contributed by atoms with Crippen LogP contribution >= 0.6 is 0 Å². The molecule has 0 amide bonds. The first-order valence-corrected chi connectivity index (χ1v) is 9.05. The maximum Gasteiger partial charge on any atom is 0.336 e. The fourth-order valence-corrected chi connectivity index (χ4v) is 3.01. The number of allylic oxidation sites excluding steroid dienone is 1. The van der Waals surface area contributed by atoms with Crippen molar-refractivity contribution in [1.82, 2.24) is 0 Å². The maximum absolute atomic E-state index is 11.8. The zero-order chi connectivity index (χ0) is 20.3. The van der Waals surface area contributed by atoms with E-state index in [0.717, 1.165) is 23.0 Å². The van der Waals surface area contributed by atoms with Gasteiger partial charge in [0.2, 0.25) is 5.75 Å². The third-order valence-electron chi connectivity index (χ3n) is 4.64. The number of hydrogen-bond acceptors (Lipinski definition) is 6. The summed E-state index contributed by atoms with van der Waals surface area (Å²) in [5.74, 6) is 0.926. The van der Waals surface area contributed by atoms with Gasteiger partial charge in [-0.3, -0.25) is 0 Å². The Hall–Kier alpha value is -2.99. The standard InChI is InChI=1S/C22H24O6/c1-13(2)17(23)7-5-14(3)9-11-27-22-20-16(10-12-26-20)19(25-4)15-6-8-18(24)28-21(15)22/h6,8-10,12,17,23H,1,5,7,11H2,2-4H3/b14-9+. The lowest BCUT2D eigenvalue weighted by molar-refractivity contribution is 0.201. The SMILES string of the molecule is C=C(C)C(O)CC/C(C)=C/COc1c2occc2c(OC)c2ccc(=O)oc12. The minimum atomic E-state index is -0.508. The van der Waals surface area contributed by atoms with E-state index >= 15 is 0 Å². The van der Waals surface area contributed by atoms with Gasteiger partial charge in [0.1, 0.15) is 12.4 Å². The molecule has 148 valence electrons. The van der Waals surface area contributed by atoms with Crippen molar-refractivity contribution >= 4 is 21.9 Å². The molecule has 0 radical (unpaired) electrons. The number of benzene rings is 1. The Morgan fingerprint density at radius 2 is 1.96 bits per heavy atom. The summed E-state index contributed by atoms with van der Waals surface area (Å²) >= 11 is 0. The third-order valence-corrected chi connectivity index (χ3v) is 4.64. The van der Waals surface area contributed by atoms with Gasteiger partial charge in [-0.1, -0.05) is 17.7 Å². The van der Waals surface area contributed by atoms with E-state index in [1.165, 1.54) is 12.3 Å². The molecule has 1 aromatic carbocycles. The van der Waals surface area contributed by atoms with E-state index in [-0.39, 0.29) is 12.2 Å². The highest BCUT2D eigenvalue weighted by Gasteiger charge is 2.20. The van der Waals surface area contributed by atoms with Crippen LogP contribution in [0.2, 0.25) is 0 Å². The van der Waals surface area contributed by atoms with Crippen LogP contribution in [0.15, 0.2) is 61.9 Å². The summed E-state index contributed by atoms with van der Waals surface area (Å²) in [6, 6.07) is 4.78. The van der Waals surface area contributed by atoms with E-state index in [4.69, 9.17) is 18.3 Å². The zero-order valence-corrected chi connectivity index (χ0v) is 16.3. The van der Waals surface area contributed by atoms with Gasteiger partial charge in [-0.25, -0.2) is 4.79 Å². The fourth-order valence-electron chi connectivity index (χ4n) is 3.01. The van der Waals surface area contributed by atoms with Crippen LogP contribution in [0.1, 0.15) is 26.7 Å². The second kappa shape index (κ2) is 8.35. The third kappa shape index (κ3) is 3.97. The number of ether oxygens (including phenoxy) is 2. The Balaban J connectivity index is 1.89. The lowest BCUT2D eigenvalue weighted by Gasteiger charge is -2.12. The molecule has 6 heteroatoms. The Bertz CT molecular complexity index is 1090. The topological polar surface area (TPSA) is 82.0 Å². The van der Waals surface area contributed by atoms with Crippen molar-refractivity contribution in [3.05, 3.63) is 58.7 Å². The van der Waals surface area contributed by atoms with Crippen molar-refractivity contribution in [3.8, 4) is 11.5 Å². The first kappa shape index (κ1) is 19.8. The van der Waals surface area contributed by atoms with E-state index in [1.807, 2.05) is 19.9 Å². The molecule has 0 saturated heterocycles. The zero-order valence-electron chi connectivity index (χ0n) is 16.3. The molecular formula is C22H24O6. The second-order valence-electron chi connectivity index (χ2n) is 6.79. The predicted octanol–water partition coefficient (Wildman–Crippen LogP) is 4.59. The van der Waals surface area contributed by atoms with Crippen LogP contribution in [0.25, 0.3) is 21.9 Å². The molecule has 3 aromatic rings. The first-order valence-electron chi connectivity index (χ1n) is 9.05. The smallest absolute Gasteiger partial charge is 0.336 e. The van der Waals surface area contributed by atoms with Crippen molar-refractivity contribution in [2.75, 3.05) is 13.7 Å². The number of hydrogen-bond donors (Lipinski definition) is 1. The summed E-state index contributed by atoms with van der Waals surface area (Å²) in [6.45, 7) is 7.81. The molecule has 0 saturated carbocycles. The number of aliphatic hydroxyl groups excluding tert-OH is 1. The molecular weight excluding hydrogens is 360 g/mol. The molecule has 0 spiro atoms. The summed E-state index contributed by atoms with van der Waals surface area (Å²) in [7, 11) is 1.55. The molecule has 1 atom stereocenters. The van der Waals surface area contributed by atoms with Gasteiger partial charge in [-0.2, -0.15) is 0 Å². The molecule has 28 heavy (non-hydrogen) atoms. The van der Waals surface area contributed by atoms with Crippen LogP contribution in [0.5, 0.6) is 11.5 Å². The second-order valence-corrected chi connectivity index (χ2v) is 6.79. The van der Waals surface area contributed by atoms with Crippen LogP contribution < -0.4 is 15.1 Å². The summed E-state index contributed by atoms with van der Waals surface area (Å²) < 4.78 is 22.4. The number of fused-ring (bicyclic) bond motifs is 2.